The molecule has 0 bridgehead atoms. The average molecular weight is 247 g/mol. The molecule has 98 valence electrons. The fraction of sp³-hybridized carbons (Fsp3) is 0.500. The van der Waals surface area contributed by atoms with E-state index in [-0.39, 0.29) is 0 Å². The molecule has 2 rings (SSSR count). The summed E-state index contributed by atoms with van der Waals surface area (Å²) in [5.74, 6) is 0. The van der Waals surface area contributed by atoms with Crippen molar-refractivity contribution in [3.05, 3.63) is 30.1 Å². The Labute approximate surface area is 108 Å². The molecular formula is C14H21N3O. The van der Waals surface area contributed by atoms with Crippen LogP contribution in [-0.2, 0) is 18.0 Å². The summed E-state index contributed by atoms with van der Waals surface area (Å²) in [4.78, 5) is 4.44. The van der Waals surface area contributed by atoms with E-state index >= 15 is 0 Å². The first kappa shape index (κ1) is 13.1. The second kappa shape index (κ2) is 6.52. The lowest BCUT2D eigenvalue weighted by Crippen LogP contribution is -2.13. The molecule has 18 heavy (non-hydrogen) atoms. The maximum absolute atomic E-state index is 5.47. The van der Waals surface area contributed by atoms with E-state index in [0.29, 0.717) is 6.73 Å². The van der Waals surface area contributed by atoms with Crippen LogP contribution in [-0.4, -0.2) is 22.7 Å². The highest BCUT2D eigenvalue weighted by Crippen LogP contribution is 2.19. The molecule has 0 spiro atoms. The molecule has 0 aliphatic rings. The largest absolute Gasteiger partial charge is 0.361 e. The maximum Gasteiger partial charge on any atom is 0.142 e. The molecular weight excluding hydrogens is 226 g/mol. The Bertz CT molecular complexity index is 493. The summed E-state index contributed by atoms with van der Waals surface area (Å²) in [6.45, 7) is 7.39. The van der Waals surface area contributed by atoms with Crippen LogP contribution in [0.2, 0.25) is 0 Å². The van der Waals surface area contributed by atoms with Gasteiger partial charge in [0.05, 0.1) is 0 Å². The molecule has 0 aliphatic carbocycles. The Morgan fingerprint density at radius 3 is 3.06 bits per heavy atom. The van der Waals surface area contributed by atoms with Crippen LogP contribution in [0.5, 0.6) is 0 Å². The van der Waals surface area contributed by atoms with E-state index in [2.05, 4.69) is 34.1 Å². The number of pyridine rings is 1. The van der Waals surface area contributed by atoms with Crippen LogP contribution in [0.4, 0.5) is 0 Å². The Morgan fingerprint density at radius 1 is 1.39 bits per heavy atom. The predicted octanol–water partition coefficient (Wildman–Crippen LogP) is 2.53. The van der Waals surface area contributed by atoms with Gasteiger partial charge in [-0.3, -0.25) is 0 Å². The molecule has 2 aromatic heterocycles. The topological polar surface area (TPSA) is 39.1 Å². The summed E-state index contributed by atoms with van der Waals surface area (Å²) < 4.78 is 7.54. The van der Waals surface area contributed by atoms with Gasteiger partial charge in [0.25, 0.3) is 0 Å². The van der Waals surface area contributed by atoms with Gasteiger partial charge in [-0.2, -0.15) is 0 Å². The fourth-order valence-electron chi connectivity index (χ4n) is 2.02. The van der Waals surface area contributed by atoms with Gasteiger partial charge in [-0.15, -0.1) is 0 Å². The van der Waals surface area contributed by atoms with E-state index in [1.165, 1.54) is 10.9 Å². The lowest BCUT2D eigenvalue weighted by Gasteiger charge is -2.03. The summed E-state index contributed by atoms with van der Waals surface area (Å²) in [7, 11) is 0. The second-order valence-corrected chi connectivity index (χ2v) is 4.30. The van der Waals surface area contributed by atoms with Gasteiger partial charge in [0.1, 0.15) is 12.4 Å². The van der Waals surface area contributed by atoms with Crippen molar-refractivity contribution < 1.29 is 4.74 Å². The van der Waals surface area contributed by atoms with Gasteiger partial charge in [0, 0.05) is 30.9 Å². The second-order valence-electron chi connectivity index (χ2n) is 4.30. The molecule has 0 atom stereocenters. The van der Waals surface area contributed by atoms with E-state index < -0.39 is 0 Å². The van der Waals surface area contributed by atoms with Gasteiger partial charge in [0.15, 0.2) is 0 Å². The number of hydrogen-bond acceptors (Lipinski definition) is 3. The molecule has 0 saturated heterocycles. The van der Waals surface area contributed by atoms with Crippen LogP contribution in [0, 0.1) is 0 Å². The minimum Gasteiger partial charge on any atom is -0.361 e. The molecule has 1 N–H and O–H groups in total. The first-order valence-electron chi connectivity index (χ1n) is 6.58. The molecule has 0 unspecified atom stereocenters. The Balaban J connectivity index is 2.23. The zero-order chi connectivity index (χ0) is 12.8. The zero-order valence-corrected chi connectivity index (χ0v) is 11.1. The summed E-state index contributed by atoms with van der Waals surface area (Å²) in [5.41, 5.74) is 2.28. The minimum atomic E-state index is 0.567. The van der Waals surface area contributed by atoms with Crippen molar-refractivity contribution in [1.82, 2.24) is 14.9 Å². The Hall–Kier alpha value is -1.39. The van der Waals surface area contributed by atoms with Gasteiger partial charge in [-0.1, -0.05) is 6.92 Å². The molecule has 2 aromatic rings. The van der Waals surface area contributed by atoms with Crippen LogP contribution in [0.15, 0.2) is 24.5 Å². The van der Waals surface area contributed by atoms with Gasteiger partial charge >= 0.3 is 0 Å². The van der Waals surface area contributed by atoms with Gasteiger partial charge in [-0.05, 0) is 37.6 Å². The monoisotopic (exact) mass is 247 g/mol. The molecule has 0 aromatic carbocycles. The van der Waals surface area contributed by atoms with Crippen molar-refractivity contribution in [3.8, 4) is 0 Å². The molecule has 0 aliphatic heterocycles. The number of nitrogens with one attached hydrogen (secondary N) is 1. The SMILES string of the molecule is CCCNCc1cn(COCC)c2ncccc12. The third kappa shape index (κ3) is 2.89. The predicted molar refractivity (Wildman–Crippen MR) is 73.4 cm³/mol. The number of nitrogens with zero attached hydrogens (tertiary/aromatic N) is 2. The van der Waals surface area contributed by atoms with E-state index in [1.54, 1.807) is 0 Å². The standard InChI is InChI=1S/C14H21N3O/c1-3-7-15-9-12-10-17(11-18-4-2)14-13(12)6-5-8-16-14/h5-6,8,10,15H,3-4,7,9,11H2,1-2H3. The number of rotatable bonds is 7. The van der Waals surface area contributed by atoms with Gasteiger partial charge < -0.3 is 14.6 Å². The van der Waals surface area contributed by atoms with Crippen LogP contribution < -0.4 is 5.32 Å². The zero-order valence-electron chi connectivity index (χ0n) is 11.1. The van der Waals surface area contributed by atoms with Crippen LogP contribution >= 0.6 is 0 Å². The van der Waals surface area contributed by atoms with E-state index in [1.807, 2.05) is 19.2 Å². The smallest absolute Gasteiger partial charge is 0.142 e. The highest BCUT2D eigenvalue weighted by Gasteiger charge is 2.08. The molecule has 0 saturated carbocycles. The van der Waals surface area contributed by atoms with Crippen molar-refractivity contribution in [3.63, 3.8) is 0 Å². The fourth-order valence-corrected chi connectivity index (χ4v) is 2.02. The average Bonchev–Trinajstić information content (AvgIpc) is 2.76. The molecule has 0 radical (unpaired) electrons. The number of ether oxygens (including phenoxy) is 1. The first-order valence-corrected chi connectivity index (χ1v) is 6.58. The van der Waals surface area contributed by atoms with Crippen molar-refractivity contribution in [2.45, 2.75) is 33.5 Å². The first-order chi connectivity index (χ1) is 8.86. The number of hydrogen-bond donors (Lipinski definition) is 1. The third-order valence-corrected chi connectivity index (χ3v) is 2.89. The molecule has 4 nitrogen and oxygen atoms in total. The van der Waals surface area contributed by atoms with Crippen molar-refractivity contribution in [2.24, 2.45) is 0 Å². The summed E-state index contributed by atoms with van der Waals surface area (Å²) in [5, 5.41) is 4.64. The maximum atomic E-state index is 5.47. The quantitative estimate of drug-likeness (QED) is 0.764. The van der Waals surface area contributed by atoms with Crippen LogP contribution in [0.25, 0.3) is 11.0 Å². The van der Waals surface area contributed by atoms with Crippen molar-refractivity contribution in [1.29, 1.82) is 0 Å². The van der Waals surface area contributed by atoms with Crippen LogP contribution in [0.1, 0.15) is 25.8 Å². The van der Waals surface area contributed by atoms with Gasteiger partial charge in [0.2, 0.25) is 0 Å². The summed E-state index contributed by atoms with van der Waals surface area (Å²) in [6, 6.07) is 4.10. The van der Waals surface area contributed by atoms with E-state index in [9.17, 15) is 0 Å². The van der Waals surface area contributed by atoms with Crippen molar-refractivity contribution in [2.75, 3.05) is 13.2 Å². The molecule has 4 heteroatoms. The summed E-state index contributed by atoms with van der Waals surface area (Å²) in [6.07, 6.45) is 5.11. The van der Waals surface area contributed by atoms with E-state index in [0.717, 1.165) is 31.8 Å². The lowest BCUT2D eigenvalue weighted by molar-refractivity contribution is 0.0904. The van der Waals surface area contributed by atoms with Crippen LogP contribution in [0.3, 0.4) is 0 Å². The highest BCUT2D eigenvalue weighted by molar-refractivity contribution is 5.80. The van der Waals surface area contributed by atoms with Crippen molar-refractivity contribution >= 4 is 11.0 Å². The molecule has 0 fully saturated rings. The molecule has 0 amide bonds. The normalized spacial score (nSPS) is 11.2. The highest BCUT2D eigenvalue weighted by atomic mass is 16.5. The Morgan fingerprint density at radius 2 is 2.28 bits per heavy atom. The summed E-state index contributed by atoms with van der Waals surface area (Å²) >= 11 is 0. The number of aromatic nitrogens is 2. The Kier molecular flexibility index (Phi) is 4.73. The molecule has 2 heterocycles. The lowest BCUT2D eigenvalue weighted by atomic mass is 10.2. The third-order valence-electron chi connectivity index (χ3n) is 2.89. The number of fused-ring (bicyclic) bond motifs is 1. The van der Waals surface area contributed by atoms with E-state index in [4.69, 9.17) is 4.74 Å². The minimum absolute atomic E-state index is 0.567. The van der Waals surface area contributed by atoms with Gasteiger partial charge in [-0.25, -0.2) is 4.98 Å².